The van der Waals surface area contributed by atoms with Gasteiger partial charge in [0.1, 0.15) is 12.2 Å². The number of fused-ring (bicyclic) bond motifs is 1. The first-order valence-corrected chi connectivity index (χ1v) is 12.4. The number of rotatable bonds is 8. The maximum Gasteiger partial charge on any atom is 0.338 e. The number of benzene rings is 2. The molecule has 1 heterocycles. The van der Waals surface area contributed by atoms with Crippen LogP contribution in [0.1, 0.15) is 60.7 Å². The molecule has 3 rings (SSSR count). The summed E-state index contributed by atoms with van der Waals surface area (Å²) in [6.07, 6.45) is 0. The Morgan fingerprint density at radius 1 is 1.09 bits per heavy atom. The molecular weight excluding hydrogens is 442 g/mol. The van der Waals surface area contributed by atoms with Crippen LogP contribution >= 0.6 is 0 Å². The number of ether oxygens (including phenoxy) is 1. The maximum atomic E-state index is 12.8. The van der Waals surface area contributed by atoms with Gasteiger partial charge in [-0.3, -0.25) is 0 Å². The van der Waals surface area contributed by atoms with Gasteiger partial charge in [0.05, 0.1) is 10.5 Å². The first-order chi connectivity index (χ1) is 15.6. The molecule has 0 unspecified atom stereocenters. The van der Waals surface area contributed by atoms with Gasteiger partial charge < -0.3 is 9.15 Å². The Morgan fingerprint density at radius 3 is 2.42 bits per heavy atom. The van der Waals surface area contributed by atoms with Crippen molar-refractivity contribution in [1.29, 1.82) is 0 Å². The molecule has 0 atom stereocenters. The molecule has 176 valence electrons. The van der Waals surface area contributed by atoms with Crippen molar-refractivity contribution in [2.24, 2.45) is 0 Å². The monoisotopic (exact) mass is 471 g/mol. The Balaban J connectivity index is 1.90. The Morgan fingerprint density at radius 2 is 1.79 bits per heavy atom. The van der Waals surface area contributed by atoms with Gasteiger partial charge in [0.25, 0.3) is 0 Å². The van der Waals surface area contributed by atoms with Crippen molar-refractivity contribution in [2.75, 3.05) is 13.1 Å². The van der Waals surface area contributed by atoms with Gasteiger partial charge in [-0.2, -0.15) is 4.31 Å². The Kier molecular flexibility index (Phi) is 7.39. The van der Waals surface area contributed by atoms with Gasteiger partial charge in [-0.25, -0.2) is 18.0 Å². The molecule has 33 heavy (non-hydrogen) atoms. The molecule has 7 nitrogen and oxygen atoms in total. The fraction of sp³-hybridized carbons (Fsp3) is 0.360. The minimum absolute atomic E-state index is 0.0310. The van der Waals surface area contributed by atoms with Crippen LogP contribution in [0.2, 0.25) is 0 Å². The van der Waals surface area contributed by atoms with Gasteiger partial charge in [0, 0.05) is 30.1 Å². The van der Waals surface area contributed by atoms with E-state index < -0.39 is 21.6 Å². The van der Waals surface area contributed by atoms with E-state index in [0.29, 0.717) is 29.6 Å². The van der Waals surface area contributed by atoms with E-state index in [9.17, 15) is 18.0 Å². The zero-order valence-electron chi connectivity index (χ0n) is 19.5. The molecule has 0 bridgehead atoms. The summed E-state index contributed by atoms with van der Waals surface area (Å²) in [6, 6.07) is 10.9. The second kappa shape index (κ2) is 9.89. The molecule has 2 aromatic carbocycles. The van der Waals surface area contributed by atoms with E-state index in [1.165, 1.54) is 34.6 Å². The molecule has 0 radical (unpaired) electrons. The Bertz CT molecular complexity index is 1340. The first-order valence-electron chi connectivity index (χ1n) is 10.9. The van der Waals surface area contributed by atoms with Crippen molar-refractivity contribution in [1.82, 2.24) is 4.31 Å². The Labute approximate surface area is 194 Å². The number of sulfonamides is 1. The van der Waals surface area contributed by atoms with E-state index in [4.69, 9.17) is 9.15 Å². The molecule has 0 aliphatic carbocycles. The average Bonchev–Trinajstić information content (AvgIpc) is 2.77. The van der Waals surface area contributed by atoms with Crippen LogP contribution in [0.3, 0.4) is 0 Å². The molecule has 3 aromatic rings. The minimum atomic E-state index is -3.70. The van der Waals surface area contributed by atoms with Crippen LogP contribution < -0.4 is 5.63 Å². The molecule has 8 heteroatoms. The quantitative estimate of drug-likeness (QED) is 0.352. The Hall–Kier alpha value is -2.97. The summed E-state index contributed by atoms with van der Waals surface area (Å²) in [4.78, 5) is 24.8. The highest BCUT2D eigenvalue weighted by Gasteiger charge is 2.23. The summed E-state index contributed by atoms with van der Waals surface area (Å²) in [5.74, 6) is -0.406. The summed E-state index contributed by atoms with van der Waals surface area (Å²) in [5, 5.41) is 0.703. The average molecular weight is 472 g/mol. The van der Waals surface area contributed by atoms with Crippen molar-refractivity contribution in [3.8, 4) is 0 Å². The standard InChI is InChI=1S/C25H29NO6S/c1-6-26(7-2)33(29,30)20-10-8-9-18(12-20)25(28)31-15-19-13-24(27)32-23-11-17(5)21(16(3)4)14-22(19)23/h8-14,16H,6-7,15H2,1-5H3. The molecular formula is C25H29NO6S. The second-order valence-electron chi connectivity index (χ2n) is 8.14. The smallest absolute Gasteiger partial charge is 0.338 e. The van der Waals surface area contributed by atoms with Crippen molar-refractivity contribution < 1.29 is 22.4 Å². The number of carbonyl (C=O) groups excluding carboxylic acids is 1. The van der Waals surface area contributed by atoms with Crippen LogP contribution in [-0.4, -0.2) is 31.8 Å². The van der Waals surface area contributed by atoms with E-state index in [2.05, 4.69) is 13.8 Å². The largest absolute Gasteiger partial charge is 0.457 e. The van der Waals surface area contributed by atoms with Crippen molar-refractivity contribution in [2.45, 2.75) is 52.0 Å². The number of esters is 1. The number of aryl methyl sites for hydroxylation is 1. The van der Waals surface area contributed by atoms with Gasteiger partial charge in [-0.15, -0.1) is 0 Å². The van der Waals surface area contributed by atoms with Crippen molar-refractivity contribution >= 4 is 27.0 Å². The lowest BCUT2D eigenvalue weighted by Gasteiger charge is -2.18. The fourth-order valence-corrected chi connectivity index (χ4v) is 5.36. The lowest BCUT2D eigenvalue weighted by molar-refractivity contribution is 0.0473. The number of hydrogen-bond donors (Lipinski definition) is 0. The lowest BCUT2D eigenvalue weighted by Crippen LogP contribution is -2.30. The van der Waals surface area contributed by atoms with Gasteiger partial charge in [-0.1, -0.05) is 33.8 Å². The maximum absolute atomic E-state index is 12.8. The third-order valence-electron chi connectivity index (χ3n) is 5.61. The molecule has 0 fully saturated rings. The second-order valence-corrected chi connectivity index (χ2v) is 10.1. The zero-order valence-corrected chi connectivity index (χ0v) is 20.4. The van der Waals surface area contributed by atoms with Crippen LogP contribution in [0.5, 0.6) is 0 Å². The summed E-state index contributed by atoms with van der Waals surface area (Å²) >= 11 is 0. The van der Waals surface area contributed by atoms with Crippen molar-refractivity contribution in [3.63, 3.8) is 0 Å². The summed E-state index contributed by atoms with van der Waals surface area (Å²) < 4.78 is 37.7. The molecule has 0 aliphatic heterocycles. The predicted octanol–water partition coefficient (Wildman–Crippen LogP) is 4.61. The SMILES string of the molecule is CCN(CC)S(=O)(=O)c1cccc(C(=O)OCc2cc(=O)oc3cc(C)c(C(C)C)cc23)c1. The fourth-order valence-electron chi connectivity index (χ4n) is 3.86. The predicted molar refractivity (Wildman–Crippen MR) is 127 cm³/mol. The summed E-state index contributed by atoms with van der Waals surface area (Å²) in [5.41, 5.74) is 2.68. The third kappa shape index (κ3) is 5.17. The highest BCUT2D eigenvalue weighted by Crippen LogP contribution is 2.27. The summed E-state index contributed by atoms with van der Waals surface area (Å²) in [6.45, 7) is 10.1. The highest BCUT2D eigenvalue weighted by molar-refractivity contribution is 7.89. The minimum Gasteiger partial charge on any atom is -0.457 e. The van der Waals surface area contributed by atoms with Crippen LogP contribution in [0.25, 0.3) is 11.0 Å². The number of carbonyl (C=O) groups is 1. The molecule has 0 amide bonds. The van der Waals surface area contributed by atoms with E-state index in [1.54, 1.807) is 13.8 Å². The van der Waals surface area contributed by atoms with E-state index in [0.717, 1.165) is 11.1 Å². The first kappa shape index (κ1) is 24.7. The van der Waals surface area contributed by atoms with E-state index in [1.807, 2.05) is 19.1 Å². The zero-order chi connectivity index (χ0) is 24.3. The number of hydrogen-bond acceptors (Lipinski definition) is 6. The number of nitrogens with zero attached hydrogens (tertiary/aromatic N) is 1. The van der Waals surface area contributed by atoms with Crippen LogP contribution in [0.4, 0.5) is 0 Å². The van der Waals surface area contributed by atoms with Crippen LogP contribution in [0.15, 0.2) is 56.6 Å². The molecule has 0 aliphatic rings. The highest BCUT2D eigenvalue weighted by atomic mass is 32.2. The molecule has 1 aromatic heterocycles. The summed E-state index contributed by atoms with van der Waals surface area (Å²) in [7, 11) is -3.70. The topological polar surface area (TPSA) is 93.9 Å². The van der Waals surface area contributed by atoms with E-state index in [-0.39, 0.29) is 23.0 Å². The van der Waals surface area contributed by atoms with Gasteiger partial charge in [0.15, 0.2) is 0 Å². The normalized spacial score (nSPS) is 12.0. The molecule has 0 saturated carbocycles. The molecule has 0 spiro atoms. The van der Waals surface area contributed by atoms with Crippen LogP contribution in [-0.2, 0) is 21.4 Å². The van der Waals surface area contributed by atoms with Gasteiger partial charge in [-0.05, 0) is 54.3 Å². The molecule has 0 saturated heterocycles. The molecule has 0 N–H and O–H groups in total. The lowest BCUT2D eigenvalue weighted by atomic mass is 9.95. The van der Waals surface area contributed by atoms with Gasteiger partial charge in [0.2, 0.25) is 10.0 Å². The van der Waals surface area contributed by atoms with Crippen LogP contribution in [0, 0.1) is 6.92 Å². The van der Waals surface area contributed by atoms with Crippen molar-refractivity contribution in [3.05, 3.63) is 75.1 Å². The van der Waals surface area contributed by atoms with E-state index >= 15 is 0 Å². The van der Waals surface area contributed by atoms with Gasteiger partial charge >= 0.3 is 11.6 Å². The third-order valence-corrected chi connectivity index (χ3v) is 7.66.